The van der Waals surface area contributed by atoms with Gasteiger partial charge in [-0.2, -0.15) is 0 Å². The number of amides is 4. The quantitative estimate of drug-likeness (QED) is 0.327. The number of hydrogen-bond acceptors (Lipinski definition) is 5. The van der Waals surface area contributed by atoms with Crippen LogP contribution in [0.4, 0.5) is 0 Å². The molecule has 13 N–H and O–H groups in total. The van der Waals surface area contributed by atoms with Crippen LogP contribution in [0.3, 0.4) is 0 Å². The van der Waals surface area contributed by atoms with Crippen molar-refractivity contribution in [2.75, 3.05) is 6.54 Å². The van der Waals surface area contributed by atoms with Gasteiger partial charge in [0.2, 0.25) is 23.6 Å². The Hall–Kier alpha value is -3.07. The molecule has 0 spiro atoms. The van der Waals surface area contributed by atoms with E-state index in [4.69, 9.17) is 5.73 Å². The summed E-state index contributed by atoms with van der Waals surface area (Å²) in [6.45, 7) is 0.419. The smallest absolute Gasteiger partial charge is 0.246 e. The molecule has 1 aromatic rings. The molecule has 4 amide bonds. The zero-order valence-electron chi connectivity index (χ0n) is 15.5. The first-order valence-electron chi connectivity index (χ1n) is 8.12. The number of carbonyl (C=O) groups is 4. The van der Waals surface area contributed by atoms with Crippen LogP contribution < -0.4 is 16.4 Å². The van der Waals surface area contributed by atoms with Crippen LogP contribution in [0, 0.1) is 0 Å². The molecule has 0 radical (unpaired) electrons. The largest absolute Gasteiger partial charge is 0.412 e. The van der Waals surface area contributed by atoms with Gasteiger partial charge in [0, 0.05) is 24.9 Å². The van der Waals surface area contributed by atoms with E-state index in [-0.39, 0.29) is 46.6 Å². The van der Waals surface area contributed by atoms with Crippen molar-refractivity contribution in [3.8, 4) is 0 Å². The highest BCUT2D eigenvalue weighted by Crippen LogP contribution is 2.19. The van der Waals surface area contributed by atoms with Crippen LogP contribution in [-0.4, -0.2) is 85.1 Å². The number of H-pyrrole nitrogens is 1. The summed E-state index contributed by atoms with van der Waals surface area (Å²) in [7, 11) is 0. The topological polar surface area (TPSA) is 276 Å². The SMILES string of the molecule is NC(=O)[C@@H]1CCCN1C(=O)C(Cc1cnc[nH]1)NC(=O)[C@@H]1CC(=O)N1.O.O.O.O. The molecule has 0 bridgehead atoms. The molecule has 2 fully saturated rings. The first-order valence-corrected chi connectivity index (χ1v) is 8.12. The molecule has 14 heteroatoms. The fourth-order valence-corrected chi connectivity index (χ4v) is 3.13. The van der Waals surface area contributed by atoms with Crippen molar-refractivity contribution in [3.05, 3.63) is 18.2 Å². The van der Waals surface area contributed by atoms with Gasteiger partial charge in [-0.05, 0) is 12.8 Å². The van der Waals surface area contributed by atoms with Gasteiger partial charge in [-0.3, -0.25) is 19.2 Å². The minimum atomic E-state index is -0.870. The molecule has 2 saturated heterocycles. The molecule has 0 aromatic carbocycles. The number of carbonyl (C=O) groups excluding carboxylic acids is 4. The predicted octanol–water partition coefficient (Wildman–Crippen LogP) is -5.50. The molecule has 29 heavy (non-hydrogen) atoms. The maximum Gasteiger partial charge on any atom is 0.246 e. The fraction of sp³-hybridized carbons (Fsp3) is 0.533. The van der Waals surface area contributed by atoms with Gasteiger partial charge in [0.15, 0.2) is 0 Å². The molecular formula is C15H28N6O8. The van der Waals surface area contributed by atoms with Crippen molar-refractivity contribution >= 4 is 23.6 Å². The Labute approximate surface area is 165 Å². The van der Waals surface area contributed by atoms with E-state index in [1.807, 2.05) is 0 Å². The summed E-state index contributed by atoms with van der Waals surface area (Å²) >= 11 is 0. The lowest BCUT2D eigenvalue weighted by Gasteiger charge is -2.31. The average Bonchev–Trinajstić information content (AvgIpc) is 3.21. The monoisotopic (exact) mass is 420 g/mol. The molecule has 14 nitrogen and oxygen atoms in total. The van der Waals surface area contributed by atoms with Crippen molar-refractivity contribution in [2.24, 2.45) is 5.73 Å². The maximum atomic E-state index is 12.9. The summed E-state index contributed by atoms with van der Waals surface area (Å²) in [5.74, 6) is -1.55. The minimum Gasteiger partial charge on any atom is -0.412 e. The Morgan fingerprint density at radius 3 is 2.45 bits per heavy atom. The Morgan fingerprint density at radius 1 is 1.28 bits per heavy atom. The summed E-state index contributed by atoms with van der Waals surface area (Å²) < 4.78 is 0. The highest BCUT2D eigenvalue weighted by molar-refractivity contribution is 5.99. The van der Waals surface area contributed by atoms with Crippen molar-refractivity contribution in [1.82, 2.24) is 25.5 Å². The van der Waals surface area contributed by atoms with Crippen LogP contribution in [0.1, 0.15) is 25.0 Å². The molecule has 1 aromatic heterocycles. The van der Waals surface area contributed by atoms with E-state index in [2.05, 4.69) is 20.6 Å². The van der Waals surface area contributed by atoms with E-state index >= 15 is 0 Å². The minimum absolute atomic E-state index is 0. The molecule has 2 aliphatic heterocycles. The van der Waals surface area contributed by atoms with E-state index in [9.17, 15) is 19.2 Å². The number of rotatable bonds is 6. The molecule has 0 aliphatic carbocycles. The van der Waals surface area contributed by atoms with E-state index in [0.717, 1.165) is 0 Å². The van der Waals surface area contributed by atoms with E-state index in [1.54, 1.807) is 6.20 Å². The van der Waals surface area contributed by atoms with Crippen LogP contribution in [0.15, 0.2) is 12.5 Å². The molecule has 3 atom stereocenters. The molecule has 3 rings (SSSR count). The van der Waals surface area contributed by atoms with Crippen molar-refractivity contribution in [2.45, 2.75) is 43.8 Å². The average molecular weight is 420 g/mol. The molecule has 1 unspecified atom stereocenters. The normalized spacial score (nSPS) is 20.3. The maximum absolute atomic E-state index is 12.9. The third-order valence-corrected chi connectivity index (χ3v) is 4.50. The molecule has 3 heterocycles. The second-order valence-electron chi connectivity index (χ2n) is 6.26. The highest BCUT2D eigenvalue weighted by Gasteiger charge is 2.39. The van der Waals surface area contributed by atoms with E-state index in [0.29, 0.717) is 25.1 Å². The Morgan fingerprint density at radius 2 is 1.93 bits per heavy atom. The lowest BCUT2D eigenvalue weighted by Crippen LogP contribution is -2.61. The van der Waals surface area contributed by atoms with Crippen LogP contribution >= 0.6 is 0 Å². The highest BCUT2D eigenvalue weighted by atomic mass is 16.2. The van der Waals surface area contributed by atoms with Gasteiger partial charge in [0.05, 0.1) is 12.7 Å². The van der Waals surface area contributed by atoms with Gasteiger partial charge < -0.3 is 48.2 Å². The first kappa shape index (κ1) is 28.1. The van der Waals surface area contributed by atoms with Gasteiger partial charge in [-0.15, -0.1) is 0 Å². The summed E-state index contributed by atoms with van der Waals surface area (Å²) in [5, 5.41) is 5.14. The zero-order valence-corrected chi connectivity index (χ0v) is 15.5. The number of primary amides is 1. The summed E-state index contributed by atoms with van der Waals surface area (Å²) in [4.78, 5) is 55.9. The Bertz CT molecular complexity index is 689. The number of likely N-dealkylation sites (tertiary alicyclic amines) is 1. The van der Waals surface area contributed by atoms with Crippen molar-refractivity contribution in [3.63, 3.8) is 0 Å². The van der Waals surface area contributed by atoms with Gasteiger partial charge >= 0.3 is 0 Å². The van der Waals surface area contributed by atoms with Crippen LogP contribution in [-0.2, 0) is 25.6 Å². The number of nitrogens with one attached hydrogen (secondary N) is 3. The third-order valence-electron chi connectivity index (χ3n) is 4.50. The van der Waals surface area contributed by atoms with Crippen LogP contribution in [0.2, 0.25) is 0 Å². The third kappa shape index (κ3) is 6.21. The number of aromatic nitrogens is 2. The van der Waals surface area contributed by atoms with Gasteiger partial charge in [0.25, 0.3) is 0 Å². The summed E-state index contributed by atoms with van der Waals surface area (Å²) in [5.41, 5.74) is 6.05. The van der Waals surface area contributed by atoms with Crippen LogP contribution in [0.25, 0.3) is 0 Å². The lowest BCUT2D eigenvalue weighted by molar-refractivity contribution is -0.142. The number of nitrogens with zero attached hydrogens (tertiary/aromatic N) is 2. The van der Waals surface area contributed by atoms with Crippen molar-refractivity contribution in [1.29, 1.82) is 0 Å². The number of nitrogens with two attached hydrogens (primary N) is 1. The second kappa shape index (κ2) is 11.7. The summed E-state index contributed by atoms with van der Waals surface area (Å²) in [6.07, 6.45) is 4.55. The van der Waals surface area contributed by atoms with Gasteiger partial charge in [-0.1, -0.05) is 0 Å². The molecule has 0 saturated carbocycles. The molecule has 166 valence electrons. The predicted molar refractivity (Wildman–Crippen MR) is 99.2 cm³/mol. The molecular weight excluding hydrogens is 392 g/mol. The number of hydrogen-bond donors (Lipinski definition) is 4. The summed E-state index contributed by atoms with van der Waals surface area (Å²) in [6, 6.07) is -2.16. The van der Waals surface area contributed by atoms with E-state index in [1.165, 1.54) is 11.2 Å². The van der Waals surface area contributed by atoms with Gasteiger partial charge in [-0.25, -0.2) is 4.98 Å². The van der Waals surface area contributed by atoms with E-state index < -0.39 is 29.9 Å². The first-order chi connectivity index (χ1) is 12.0. The van der Waals surface area contributed by atoms with Crippen LogP contribution in [0.5, 0.6) is 0 Å². The zero-order chi connectivity index (χ0) is 18.0. The number of imidazole rings is 1. The number of aromatic amines is 1. The Balaban J connectivity index is 0. The second-order valence-corrected chi connectivity index (χ2v) is 6.26. The fourth-order valence-electron chi connectivity index (χ4n) is 3.13. The standard InChI is InChI=1S/C15H20N6O4.4H2O/c16-13(23)11-2-1-3-21(11)15(25)10(4-8-6-17-7-18-8)20-14(24)9-5-12(22)19-9;;;;/h6-7,9-11H,1-5H2,(H2,16,23)(H,17,18)(H,19,22)(H,20,24);4*1H2/t9-,10?,11-;;;;/m0..../s1. The molecule has 2 aliphatic rings. The van der Waals surface area contributed by atoms with Crippen molar-refractivity contribution < 1.29 is 41.1 Å². The Kier molecular flexibility index (Phi) is 11.4. The number of β-lactam (4-membered cyclic amide) rings is 1. The lowest BCUT2D eigenvalue weighted by atomic mass is 10.0. The van der Waals surface area contributed by atoms with Gasteiger partial charge in [0.1, 0.15) is 18.1 Å².